The SMILES string of the molecule is O=[C](O)[Au]. The molecule has 0 bridgehead atoms. The minimum absolute atomic E-state index is 0.889. The molecule has 0 radical (unpaired) electrons. The van der Waals surface area contributed by atoms with Gasteiger partial charge in [-0.05, 0) is 0 Å². The molecular formula is CHAuO2. The van der Waals surface area contributed by atoms with Crippen molar-refractivity contribution in [3.63, 3.8) is 0 Å². The molecule has 0 aromatic heterocycles. The van der Waals surface area contributed by atoms with E-state index in [2.05, 4.69) is 0 Å². The van der Waals surface area contributed by atoms with Gasteiger partial charge in [-0.3, -0.25) is 0 Å². The van der Waals surface area contributed by atoms with Gasteiger partial charge < -0.3 is 0 Å². The monoisotopic (exact) mass is 242 g/mol. The maximum atomic E-state index is 8.98. The molecule has 28 valence electrons. The van der Waals surface area contributed by atoms with E-state index in [1.54, 1.807) is 0 Å². The van der Waals surface area contributed by atoms with Crippen LogP contribution in [0.15, 0.2) is 0 Å². The summed E-state index contributed by atoms with van der Waals surface area (Å²) in [7, 11) is 0. The zero-order valence-electron chi connectivity index (χ0n) is 1.66. The van der Waals surface area contributed by atoms with Crippen LogP contribution in [0.4, 0.5) is 4.79 Å². The zero-order chi connectivity index (χ0) is 3.58. The molecule has 4 heavy (non-hydrogen) atoms. The average molecular weight is 242 g/mol. The van der Waals surface area contributed by atoms with Crippen LogP contribution < -0.4 is 0 Å². The Morgan fingerprint density at radius 3 is 2.00 bits per heavy atom. The maximum absolute atomic E-state index is 8.98. The Kier molecular flexibility index (Phi) is 1.60. The van der Waals surface area contributed by atoms with Gasteiger partial charge in [0.1, 0.15) is 0 Å². The van der Waals surface area contributed by atoms with Crippen LogP contribution in [-0.4, -0.2) is 9.29 Å². The van der Waals surface area contributed by atoms with Gasteiger partial charge in [0.05, 0.1) is 0 Å². The summed E-state index contributed by atoms with van der Waals surface area (Å²) in [5, 5.41) is 7.39. The summed E-state index contributed by atoms with van der Waals surface area (Å²) >= 11 is 1.41. The fraction of sp³-hybridized carbons (Fsp3) is 0. The van der Waals surface area contributed by atoms with Crippen LogP contribution in [0.25, 0.3) is 0 Å². The Morgan fingerprint density at radius 2 is 2.00 bits per heavy atom. The molecule has 0 atom stereocenters. The third-order valence-electron chi connectivity index (χ3n) is 0. The van der Waals surface area contributed by atoms with E-state index < -0.39 is 4.19 Å². The molecule has 0 amide bonds. The Hall–Kier alpha value is 0.210. The van der Waals surface area contributed by atoms with Crippen molar-refractivity contribution in [1.29, 1.82) is 0 Å². The molecule has 0 fully saturated rings. The van der Waals surface area contributed by atoms with Gasteiger partial charge in [-0.2, -0.15) is 0 Å². The van der Waals surface area contributed by atoms with Gasteiger partial charge in [0.15, 0.2) is 0 Å². The second-order valence-electron chi connectivity index (χ2n) is 0.220. The molecule has 0 spiro atoms. The summed E-state index contributed by atoms with van der Waals surface area (Å²) in [6.07, 6.45) is 0. The summed E-state index contributed by atoms with van der Waals surface area (Å²) in [5.41, 5.74) is 0. The van der Waals surface area contributed by atoms with Crippen molar-refractivity contribution >= 4 is 4.19 Å². The predicted molar refractivity (Wildman–Crippen MR) is 8.02 cm³/mol. The van der Waals surface area contributed by atoms with Crippen molar-refractivity contribution in [1.82, 2.24) is 0 Å². The molecule has 0 saturated carbocycles. The molecule has 0 rings (SSSR count). The first-order valence-corrected chi connectivity index (χ1v) is 1.66. The molecule has 0 unspecified atom stereocenters. The number of hydrogen-bond acceptors (Lipinski definition) is 1. The van der Waals surface area contributed by atoms with Crippen molar-refractivity contribution < 1.29 is 31.0 Å². The van der Waals surface area contributed by atoms with Gasteiger partial charge in [0.25, 0.3) is 0 Å². The molecule has 0 aliphatic rings. The van der Waals surface area contributed by atoms with E-state index in [1.807, 2.05) is 0 Å². The Bertz CT molecular complexity index is 29.0. The van der Waals surface area contributed by atoms with Crippen LogP contribution >= 0.6 is 0 Å². The van der Waals surface area contributed by atoms with Gasteiger partial charge >= 0.3 is 35.2 Å². The van der Waals surface area contributed by atoms with Gasteiger partial charge in [0, 0.05) is 0 Å². The van der Waals surface area contributed by atoms with Crippen LogP contribution in [0.3, 0.4) is 0 Å². The van der Waals surface area contributed by atoms with Crippen LogP contribution in [0, 0.1) is 0 Å². The fourth-order valence-electron chi connectivity index (χ4n) is 0. The van der Waals surface area contributed by atoms with Crippen molar-refractivity contribution in [3.05, 3.63) is 0 Å². The van der Waals surface area contributed by atoms with E-state index in [4.69, 9.17) is 9.90 Å². The van der Waals surface area contributed by atoms with Crippen LogP contribution in [0.5, 0.6) is 0 Å². The molecule has 0 heterocycles. The van der Waals surface area contributed by atoms with E-state index in [1.165, 1.54) is 21.1 Å². The number of carbonyl (C=O) groups is 1. The number of hydrogen-bond donors (Lipinski definition) is 1. The molecule has 2 nitrogen and oxygen atoms in total. The second kappa shape index (κ2) is 1.52. The normalized spacial score (nSPS) is 6.50. The van der Waals surface area contributed by atoms with Gasteiger partial charge in [0.2, 0.25) is 0 Å². The molecule has 0 aromatic carbocycles. The van der Waals surface area contributed by atoms with Crippen LogP contribution in [-0.2, 0) is 21.1 Å². The van der Waals surface area contributed by atoms with Crippen LogP contribution in [0.1, 0.15) is 0 Å². The Balaban J connectivity index is 2.80. The number of carboxylic acid groups (broad SMARTS) is 1. The zero-order valence-corrected chi connectivity index (χ0v) is 3.82. The molecule has 0 saturated heterocycles. The van der Waals surface area contributed by atoms with E-state index >= 15 is 0 Å². The average Bonchev–Trinajstić information content (AvgIpc) is 0.811. The molecule has 0 aromatic rings. The van der Waals surface area contributed by atoms with Gasteiger partial charge in [-0.1, -0.05) is 0 Å². The third kappa shape index (κ3) is 73.2. The molecular weight excluding hydrogens is 241 g/mol. The first-order valence-electron chi connectivity index (χ1n) is 0.578. The topological polar surface area (TPSA) is 37.3 Å². The molecule has 0 aliphatic heterocycles. The van der Waals surface area contributed by atoms with Gasteiger partial charge in [-0.15, -0.1) is 0 Å². The van der Waals surface area contributed by atoms with E-state index in [9.17, 15) is 0 Å². The summed E-state index contributed by atoms with van der Waals surface area (Å²) in [6.45, 7) is 0. The van der Waals surface area contributed by atoms with Crippen LogP contribution in [0.2, 0.25) is 0 Å². The minimum atomic E-state index is -0.889. The summed E-state index contributed by atoms with van der Waals surface area (Å²) < 4.78 is -0.889. The van der Waals surface area contributed by atoms with E-state index in [0.717, 1.165) is 0 Å². The standard InChI is InChI=1S/CHO2.Au/c2-1-3;/h(H,2,3);. The van der Waals surface area contributed by atoms with Crippen molar-refractivity contribution in [2.24, 2.45) is 0 Å². The third-order valence-corrected chi connectivity index (χ3v) is 0. The molecule has 1 N–H and O–H groups in total. The summed E-state index contributed by atoms with van der Waals surface area (Å²) in [6, 6.07) is 0. The van der Waals surface area contributed by atoms with E-state index in [0.29, 0.717) is 0 Å². The Morgan fingerprint density at radius 1 is 2.00 bits per heavy atom. The van der Waals surface area contributed by atoms with Gasteiger partial charge in [-0.25, -0.2) is 0 Å². The summed E-state index contributed by atoms with van der Waals surface area (Å²) in [4.78, 5) is 8.98. The molecule has 3 heteroatoms. The Labute approximate surface area is 35.7 Å². The fourth-order valence-corrected chi connectivity index (χ4v) is 0. The molecule has 0 aliphatic carbocycles. The predicted octanol–water partition coefficient (Wildman–Crippen LogP) is 0.211. The first kappa shape index (κ1) is 4.21. The second-order valence-corrected chi connectivity index (χ2v) is 1.15. The van der Waals surface area contributed by atoms with Crippen molar-refractivity contribution in [2.75, 3.05) is 0 Å². The van der Waals surface area contributed by atoms with Crippen molar-refractivity contribution in [3.8, 4) is 0 Å². The quantitative estimate of drug-likeness (QED) is 0.616. The summed E-state index contributed by atoms with van der Waals surface area (Å²) in [5.74, 6) is 0. The number of rotatable bonds is 0. The van der Waals surface area contributed by atoms with Crippen molar-refractivity contribution in [2.45, 2.75) is 0 Å². The van der Waals surface area contributed by atoms with E-state index in [-0.39, 0.29) is 0 Å². The first-order chi connectivity index (χ1) is 1.73.